The van der Waals surface area contributed by atoms with E-state index in [0.29, 0.717) is 18.1 Å². The summed E-state index contributed by atoms with van der Waals surface area (Å²) in [6.07, 6.45) is 2.09. The quantitative estimate of drug-likeness (QED) is 0.833. The van der Waals surface area contributed by atoms with Crippen molar-refractivity contribution in [3.8, 4) is 5.75 Å². The van der Waals surface area contributed by atoms with Crippen LogP contribution in [0.1, 0.15) is 43.9 Å². The van der Waals surface area contributed by atoms with E-state index in [4.69, 9.17) is 9.47 Å². The molecule has 3 nitrogen and oxygen atoms in total. The Balaban J connectivity index is 2.10. The van der Waals surface area contributed by atoms with Crippen molar-refractivity contribution in [1.29, 1.82) is 0 Å². The first-order valence-electron chi connectivity index (χ1n) is 7.85. The Kier molecular flexibility index (Phi) is 6.00. The predicted octanol–water partition coefficient (Wildman–Crippen LogP) is 3.61. The summed E-state index contributed by atoms with van der Waals surface area (Å²) in [5.74, 6) is 1.06. The molecule has 21 heavy (non-hydrogen) atoms. The van der Waals surface area contributed by atoms with E-state index in [0.717, 1.165) is 43.9 Å². The minimum atomic E-state index is -0.174. The molecule has 1 aliphatic rings. The van der Waals surface area contributed by atoms with Crippen molar-refractivity contribution in [2.24, 2.45) is 5.92 Å². The van der Waals surface area contributed by atoms with Gasteiger partial charge >= 0.3 is 0 Å². The fourth-order valence-corrected chi connectivity index (χ4v) is 2.53. The van der Waals surface area contributed by atoms with Crippen LogP contribution in [0.3, 0.4) is 0 Å². The molecule has 0 bridgehead atoms. The molecular formula is C17H26FNO2. The van der Waals surface area contributed by atoms with Crippen molar-refractivity contribution >= 4 is 0 Å². The molecule has 2 rings (SSSR count). The molecule has 2 unspecified atom stereocenters. The molecule has 1 fully saturated rings. The zero-order valence-corrected chi connectivity index (χ0v) is 13.2. The van der Waals surface area contributed by atoms with E-state index in [1.54, 1.807) is 13.0 Å². The Morgan fingerprint density at radius 3 is 2.95 bits per heavy atom. The minimum Gasteiger partial charge on any atom is -0.493 e. The van der Waals surface area contributed by atoms with Crippen LogP contribution in [0.4, 0.5) is 4.39 Å². The fourth-order valence-electron chi connectivity index (χ4n) is 2.53. The molecule has 1 saturated heterocycles. The lowest BCUT2D eigenvalue weighted by Crippen LogP contribution is -2.21. The molecule has 1 N–H and O–H groups in total. The normalized spacial score (nSPS) is 19.7. The van der Waals surface area contributed by atoms with E-state index in [9.17, 15) is 4.39 Å². The Labute approximate surface area is 126 Å². The number of aryl methyl sites for hydroxylation is 1. The van der Waals surface area contributed by atoms with Gasteiger partial charge in [-0.2, -0.15) is 0 Å². The summed E-state index contributed by atoms with van der Waals surface area (Å²) >= 11 is 0. The van der Waals surface area contributed by atoms with Crippen molar-refractivity contribution in [1.82, 2.24) is 5.32 Å². The maximum atomic E-state index is 13.9. The molecule has 4 heteroatoms. The van der Waals surface area contributed by atoms with Gasteiger partial charge < -0.3 is 14.8 Å². The number of halogens is 1. The van der Waals surface area contributed by atoms with E-state index in [1.165, 1.54) is 0 Å². The highest BCUT2D eigenvalue weighted by Crippen LogP contribution is 2.29. The molecular weight excluding hydrogens is 269 g/mol. The first kappa shape index (κ1) is 16.2. The number of hydrogen-bond acceptors (Lipinski definition) is 3. The third-order valence-corrected chi connectivity index (χ3v) is 3.96. The third kappa shape index (κ3) is 4.42. The molecule has 2 atom stereocenters. The van der Waals surface area contributed by atoms with Crippen LogP contribution in [0.2, 0.25) is 0 Å². The van der Waals surface area contributed by atoms with Crippen LogP contribution in [0.5, 0.6) is 5.75 Å². The van der Waals surface area contributed by atoms with Gasteiger partial charge in [-0.25, -0.2) is 4.39 Å². The second-order valence-electron chi connectivity index (χ2n) is 5.86. The lowest BCUT2D eigenvalue weighted by atomic mass is 10.0. The molecule has 0 aromatic heterocycles. The largest absolute Gasteiger partial charge is 0.493 e. The molecule has 0 amide bonds. The Morgan fingerprint density at radius 2 is 2.29 bits per heavy atom. The summed E-state index contributed by atoms with van der Waals surface area (Å²) in [5, 5.41) is 3.39. The van der Waals surface area contributed by atoms with E-state index in [2.05, 4.69) is 12.2 Å². The van der Waals surface area contributed by atoms with Gasteiger partial charge in [-0.1, -0.05) is 6.92 Å². The second-order valence-corrected chi connectivity index (χ2v) is 5.86. The number of nitrogens with one attached hydrogen (secondary N) is 1. The summed E-state index contributed by atoms with van der Waals surface area (Å²) in [7, 11) is 0. The van der Waals surface area contributed by atoms with Crippen LogP contribution in [-0.2, 0) is 4.74 Å². The molecule has 1 aliphatic heterocycles. The van der Waals surface area contributed by atoms with Gasteiger partial charge in [0.05, 0.1) is 13.2 Å². The van der Waals surface area contributed by atoms with Crippen LogP contribution in [0, 0.1) is 18.7 Å². The molecule has 0 aliphatic carbocycles. The van der Waals surface area contributed by atoms with Crippen LogP contribution < -0.4 is 10.1 Å². The first-order valence-corrected chi connectivity index (χ1v) is 7.85. The van der Waals surface area contributed by atoms with Crippen molar-refractivity contribution in [2.75, 3.05) is 26.4 Å². The first-order chi connectivity index (χ1) is 10.1. The summed E-state index contributed by atoms with van der Waals surface area (Å²) in [6, 6.07) is 3.49. The van der Waals surface area contributed by atoms with Crippen LogP contribution in [-0.4, -0.2) is 26.4 Å². The Morgan fingerprint density at radius 1 is 1.48 bits per heavy atom. The highest BCUT2D eigenvalue weighted by molar-refractivity contribution is 5.40. The lowest BCUT2D eigenvalue weighted by molar-refractivity contribution is 0.166. The van der Waals surface area contributed by atoms with Crippen molar-refractivity contribution in [2.45, 2.75) is 39.7 Å². The molecule has 0 spiro atoms. The summed E-state index contributed by atoms with van der Waals surface area (Å²) < 4.78 is 25.2. The van der Waals surface area contributed by atoms with Gasteiger partial charge in [-0.05, 0) is 50.9 Å². The SMILES string of the molecule is CCCNC(C)c1cc(F)c(C)cc1OCC1CCOC1. The average molecular weight is 295 g/mol. The maximum absolute atomic E-state index is 13.9. The average Bonchev–Trinajstić information content (AvgIpc) is 2.98. The highest BCUT2D eigenvalue weighted by Gasteiger charge is 2.19. The topological polar surface area (TPSA) is 30.5 Å². The zero-order valence-electron chi connectivity index (χ0n) is 13.2. The zero-order chi connectivity index (χ0) is 15.2. The number of hydrogen-bond donors (Lipinski definition) is 1. The summed E-state index contributed by atoms with van der Waals surface area (Å²) in [4.78, 5) is 0. The van der Waals surface area contributed by atoms with Gasteiger partial charge in [-0.3, -0.25) is 0 Å². The van der Waals surface area contributed by atoms with Gasteiger partial charge in [0.2, 0.25) is 0 Å². The van der Waals surface area contributed by atoms with Crippen molar-refractivity contribution in [3.05, 3.63) is 29.1 Å². The molecule has 1 heterocycles. The van der Waals surface area contributed by atoms with E-state index >= 15 is 0 Å². The molecule has 0 radical (unpaired) electrons. The van der Waals surface area contributed by atoms with Gasteiger partial charge in [-0.15, -0.1) is 0 Å². The smallest absolute Gasteiger partial charge is 0.126 e. The molecule has 0 saturated carbocycles. The number of benzene rings is 1. The maximum Gasteiger partial charge on any atom is 0.126 e. The molecule has 118 valence electrons. The van der Waals surface area contributed by atoms with Crippen molar-refractivity contribution in [3.63, 3.8) is 0 Å². The van der Waals surface area contributed by atoms with E-state index < -0.39 is 0 Å². The predicted molar refractivity (Wildman–Crippen MR) is 82.3 cm³/mol. The van der Waals surface area contributed by atoms with Crippen LogP contribution >= 0.6 is 0 Å². The highest BCUT2D eigenvalue weighted by atomic mass is 19.1. The van der Waals surface area contributed by atoms with Crippen LogP contribution in [0.15, 0.2) is 12.1 Å². The Hall–Kier alpha value is -1.13. The molecule has 1 aromatic rings. The monoisotopic (exact) mass is 295 g/mol. The van der Waals surface area contributed by atoms with Crippen molar-refractivity contribution < 1.29 is 13.9 Å². The van der Waals surface area contributed by atoms with Gasteiger partial charge in [0.1, 0.15) is 11.6 Å². The van der Waals surface area contributed by atoms with E-state index in [1.807, 2.05) is 13.0 Å². The second kappa shape index (κ2) is 7.76. The summed E-state index contributed by atoms with van der Waals surface area (Å²) in [6.45, 7) is 9.06. The molecule has 1 aromatic carbocycles. The third-order valence-electron chi connectivity index (χ3n) is 3.96. The minimum absolute atomic E-state index is 0.0786. The lowest BCUT2D eigenvalue weighted by Gasteiger charge is -2.20. The Bertz CT molecular complexity index is 458. The standard InChI is InChI=1S/C17H26FNO2/c1-4-6-19-13(3)15-9-16(18)12(2)8-17(15)21-11-14-5-7-20-10-14/h8-9,13-14,19H,4-7,10-11H2,1-3H3. The fraction of sp³-hybridized carbons (Fsp3) is 0.647. The van der Waals surface area contributed by atoms with Crippen LogP contribution in [0.25, 0.3) is 0 Å². The number of rotatable bonds is 7. The van der Waals surface area contributed by atoms with Gasteiger partial charge in [0.25, 0.3) is 0 Å². The number of ether oxygens (including phenoxy) is 2. The summed E-state index contributed by atoms with van der Waals surface area (Å²) in [5.41, 5.74) is 1.52. The van der Waals surface area contributed by atoms with Gasteiger partial charge in [0.15, 0.2) is 0 Å². The van der Waals surface area contributed by atoms with E-state index in [-0.39, 0.29) is 11.9 Å². The van der Waals surface area contributed by atoms with Gasteiger partial charge in [0, 0.05) is 24.1 Å².